The van der Waals surface area contributed by atoms with Gasteiger partial charge < -0.3 is 14.4 Å². The maximum atomic E-state index is 5.89. The molecule has 0 fully saturated rings. The largest absolute Gasteiger partial charge is 0.492 e. The van der Waals surface area contributed by atoms with Crippen molar-refractivity contribution in [3.63, 3.8) is 0 Å². The zero-order valence-electron chi connectivity index (χ0n) is 13.1. The maximum Gasteiger partial charge on any atom is 0.149 e. The van der Waals surface area contributed by atoms with Crippen molar-refractivity contribution in [1.82, 2.24) is 9.88 Å². The monoisotopic (exact) mass is 288 g/mol. The Kier molecular flexibility index (Phi) is 5.81. The highest BCUT2D eigenvalue weighted by atomic mass is 16.5. The van der Waals surface area contributed by atoms with Crippen LogP contribution in [0.1, 0.15) is 20.8 Å². The molecule has 4 heteroatoms. The summed E-state index contributed by atoms with van der Waals surface area (Å²) in [5.74, 6) is 1.62. The van der Waals surface area contributed by atoms with E-state index < -0.39 is 0 Å². The summed E-state index contributed by atoms with van der Waals surface area (Å²) in [6.45, 7) is 10.6. The minimum absolute atomic E-state index is 0.620. The molecule has 0 N–H and O–H groups in total. The van der Waals surface area contributed by atoms with Crippen LogP contribution in [0.5, 0.6) is 11.5 Å². The molecule has 0 amide bonds. The van der Waals surface area contributed by atoms with Crippen molar-refractivity contribution < 1.29 is 9.47 Å². The fraction of sp³-hybridized carbons (Fsp3) is 0.471. The van der Waals surface area contributed by atoms with Crippen LogP contribution in [-0.4, -0.2) is 42.7 Å². The normalized spacial score (nSPS) is 11.0. The Balaban J connectivity index is 2.12. The number of pyridine rings is 1. The molecule has 0 radical (unpaired) electrons. The fourth-order valence-electron chi connectivity index (χ4n) is 2.31. The predicted molar refractivity (Wildman–Crippen MR) is 86.2 cm³/mol. The number of benzene rings is 1. The van der Waals surface area contributed by atoms with Crippen molar-refractivity contribution in [2.24, 2.45) is 0 Å². The van der Waals surface area contributed by atoms with E-state index >= 15 is 0 Å². The lowest BCUT2D eigenvalue weighted by molar-refractivity contribution is 0.222. The first-order valence-electron chi connectivity index (χ1n) is 7.65. The SMILES string of the molecule is CCOc1cc(OCCN(CC)CC)cc2cccnc12. The topological polar surface area (TPSA) is 34.6 Å². The Bertz CT molecular complexity index is 568. The summed E-state index contributed by atoms with van der Waals surface area (Å²) in [5.41, 5.74) is 0.885. The first-order chi connectivity index (χ1) is 10.3. The number of ether oxygens (including phenoxy) is 2. The minimum Gasteiger partial charge on any atom is -0.492 e. The molecule has 0 aliphatic heterocycles. The van der Waals surface area contributed by atoms with Crippen molar-refractivity contribution >= 4 is 10.9 Å². The average Bonchev–Trinajstić information content (AvgIpc) is 2.52. The lowest BCUT2D eigenvalue weighted by atomic mass is 10.2. The van der Waals surface area contributed by atoms with Crippen LogP contribution in [0.2, 0.25) is 0 Å². The number of fused-ring (bicyclic) bond motifs is 1. The van der Waals surface area contributed by atoms with E-state index in [0.717, 1.165) is 42.0 Å². The van der Waals surface area contributed by atoms with Gasteiger partial charge in [-0.1, -0.05) is 19.9 Å². The minimum atomic E-state index is 0.620. The zero-order valence-corrected chi connectivity index (χ0v) is 13.1. The molecule has 0 atom stereocenters. The van der Waals surface area contributed by atoms with Gasteiger partial charge in [0.05, 0.1) is 6.61 Å². The van der Waals surface area contributed by atoms with Crippen molar-refractivity contribution in [1.29, 1.82) is 0 Å². The Morgan fingerprint density at radius 1 is 1.10 bits per heavy atom. The van der Waals surface area contributed by atoms with E-state index in [0.29, 0.717) is 13.2 Å². The van der Waals surface area contributed by atoms with E-state index in [1.807, 2.05) is 31.2 Å². The van der Waals surface area contributed by atoms with Gasteiger partial charge >= 0.3 is 0 Å². The van der Waals surface area contributed by atoms with E-state index in [4.69, 9.17) is 9.47 Å². The molecule has 2 rings (SSSR count). The highest BCUT2D eigenvalue weighted by Crippen LogP contribution is 2.29. The third kappa shape index (κ3) is 4.08. The van der Waals surface area contributed by atoms with Crippen LogP contribution in [-0.2, 0) is 0 Å². The Labute approximate surface area is 126 Å². The molecular formula is C17H24N2O2. The second-order valence-corrected chi connectivity index (χ2v) is 4.80. The summed E-state index contributed by atoms with van der Waals surface area (Å²) in [6, 6.07) is 7.91. The lowest BCUT2D eigenvalue weighted by Gasteiger charge is -2.18. The highest BCUT2D eigenvalue weighted by Gasteiger charge is 2.07. The Hall–Kier alpha value is -1.81. The van der Waals surface area contributed by atoms with Gasteiger partial charge in [-0.05, 0) is 32.1 Å². The van der Waals surface area contributed by atoms with Crippen LogP contribution < -0.4 is 9.47 Å². The van der Waals surface area contributed by atoms with Gasteiger partial charge in [-0.15, -0.1) is 0 Å². The Morgan fingerprint density at radius 2 is 1.90 bits per heavy atom. The molecule has 0 aliphatic carbocycles. The quantitative estimate of drug-likeness (QED) is 0.746. The second-order valence-electron chi connectivity index (χ2n) is 4.80. The highest BCUT2D eigenvalue weighted by molar-refractivity contribution is 5.86. The van der Waals surface area contributed by atoms with E-state index in [1.54, 1.807) is 6.20 Å². The molecule has 114 valence electrons. The van der Waals surface area contributed by atoms with Gasteiger partial charge in [-0.25, -0.2) is 0 Å². The van der Waals surface area contributed by atoms with E-state index in [1.165, 1.54) is 0 Å². The maximum absolute atomic E-state index is 5.89. The van der Waals surface area contributed by atoms with Crippen molar-refractivity contribution in [3.05, 3.63) is 30.5 Å². The first kappa shape index (κ1) is 15.6. The summed E-state index contributed by atoms with van der Waals surface area (Å²) in [6.07, 6.45) is 1.78. The zero-order chi connectivity index (χ0) is 15.1. The van der Waals surface area contributed by atoms with Gasteiger partial charge in [-0.2, -0.15) is 0 Å². The Morgan fingerprint density at radius 3 is 2.62 bits per heavy atom. The second kappa shape index (κ2) is 7.84. The van der Waals surface area contributed by atoms with Crippen LogP contribution in [0.4, 0.5) is 0 Å². The van der Waals surface area contributed by atoms with E-state index in [2.05, 4.69) is 23.7 Å². The predicted octanol–water partition coefficient (Wildman–Crippen LogP) is 3.35. The van der Waals surface area contributed by atoms with Crippen molar-refractivity contribution in [2.75, 3.05) is 32.8 Å². The van der Waals surface area contributed by atoms with Gasteiger partial charge in [0.15, 0.2) is 0 Å². The summed E-state index contributed by atoms with van der Waals surface area (Å²) >= 11 is 0. The van der Waals surface area contributed by atoms with E-state index in [-0.39, 0.29) is 0 Å². The van der Waals surface area contributed by atoms with Crippen LogP contribution in [0.25, 0.3) is 10.9 Å². The summed E-state index contributed by atoms with van der Waals surface area (Å²) in [4.78, 5) is 6.73. The molecule has 0 bridgehead atoms. The average molecular weight is 288 g/mol. The molecule has 21 heavy (non-hydrogen) atoms. The molecule has 0 spiro atoms. The summed E-state index contributed by atoms with van der Waals surface area (Å²) in [5, 5.41) is 1.04. The smallest absolute Gasteiger partial charge is 0.149 e. The number of aromatic nitrogens is 1. The van der Waals surface area contributed by atoms with Crippen LogP contribution >= 0.6 is 0 Å². The molecule has 2 aromatic rings. The molecule has 0 aliphatic rings. The number of hydrogen-bond donors (Lipinski definition) is 0. The van der Waals surface area contributed by atoms with Crippen LogP contribution in [0, 0.1) is 0 Å². The molecule has 0 saturated heterocycles. The molecule has 1 aromatic heterocycles. The van der Waals surface area contributed by atoms with Crippen LogP contribution in [0.3, 0.4) is 0 Å². The molecule has 1 heterocycles. The number of likely N-dealkylation sites (N-methyl/N-ethyl adjacent to an activating group) is 1. The molecule has 0 saturated carbocycles. The number of hydrogen-bond acceptors (Lipinski definition) is 4. The lowest BCUT2D eigenvalue weighted by Crippen LogP contribution is -2.27. The number of rotatable bonds is 8. The van der Waals surface area contributed by atoms with Gasteiger partial charge in [-0.3, -0.25) is 4.98 Å². The molecule has 1 aromatic carbocycles. The van der Waals surface area contributed by atoms with Gasteiger partial charge in [0.1, 0.15) is 23.6 Å². The third-order valence-electron chi connectivity index (χ3n) is 3.51. The summed E-state index contributed by atoms with van der Waals surface area (Å²) in [7, 11) is 0. The van der Waals surface area contributed by atoms with Crippen molar-refractivity contribution in [3.8, 4) is 11.5 Å². The van der Waals surface area contributed by atoms with E-state index in [9.17, 15) is 0 Å². The van der Waals surface area contributed by atoms with Gasteiger partial charge in [0, 0.05) is 24.2 Å². The third-order valence-corrected chi connectivity index (χ3v) is 3.51. The van der Waals surface area contributed by atoms with Crippen LogP contribution in [0.15, 0.2) is 30.5 Å². The molecular weight excluding hydrogens is 264 g/mol. The van der Waals surface area contributed by atoms with Gasteiger partial charge in [0.2, 0.25) is 0 Å². The molecule has 4 nitrogen and oxygen atoms in total. The first-order valence-corrected chi connectivity index (χ1v) is 7.65. The fourth-order valence-corrected chi connectivity index (χ4v) is 2.31. The standard InChI is InChI=1S/C17H24N2O2/c1-4-19(5-2)10-11-21-15-12-14-8-7-9-18-17(14)16(13-15)20-6-3/h7-9,12-13H,4-6,10-11H2,1-3H3. The molecule has 0 unspecified atom stereocenters. The van der Waals surface area contributed by atoms with Gasteiger partial charge in [0.25, 0.3) is 0 Å². The summed E-state index contributed by atoms with van der Waals surface area (Å²) < 4.78 is 11.6. The number of nitrogens with zero attached hydrogens (tertiary/aromatic N) is 2. The van der Waals surface area contributed by atoms with Crippen molar-refractivity contribution in [2.45, 2.75) is 20.8 Å².